The Kier molecular flexibility index (Phi) is 3.69. The van der Waals surface area contributed by atoms with E-state index in [1.165, 1.54) is 13.3 Å². The number of carboxylic acids is 1. The standard InChI is InChI=1S/C13H16N2O4/c1-8-6-15(7-10(8)12(16)17)11-5-9(3-4-14-11)13(18)19-2/h3-5,8,10H,6-7H2,1-2H3,(H,16,17). The molecule has 102 valence electrons. The molecule has 6 nitrogen and oxygen atoms in total. The van der Waals surface area contributed by atoms with E-state index in [1.54, 1.807) is 12.1 Å². The molecule has 1 aliphatic heterocycles. The van der Waals surface area contributed by atoms with Crippen LogP contribution in [-0.4, -0.2) is 42.2 Å². The van der Waals surface area contributed by atoms with E-state index in [4.69, 9.17) is 5.11 Å². The van der Waals surface area contributed by atoms with Gasteiger partial charge in [0, 0.05) is 19.3 Å². The van der Waals surface area contributed by atoms with Gasteiger partial charge in [-0.2, -0.15) is 0 Å². The molecule has 0 amide bonds. The fourth-order valence-corrected chi connectivity index (χ4v) is 2.31. The zero-order valence-electron chi connectivity index (χ0n) is 10.9. The fraction of sp³-hybridized carbons (Fsp3) is 0.462. The molecular weight excluding hydrogens is 248 g/mol. The quantitative estimate of drug-likeness (QED) is 0.821. The second-order valence-electron chi connectivity index (χ2n) is 4.72. The van der Waals surface area contributed by atoms with Crippen LogP contribution in [0.15, 0.2) is 18.3 Å². The van der Waals surface area contributed by atoms with Crippen molar-refractivity contribution in [3.8, 4) is 0 Å². The van der Waals surface area contributed by atoms with Crippen molar-refractivity contribution in [2.75, 3.05) is 25.1 Å². The first-order valence-corrected chi connectivity index (χ1v) is 6.05. The lowest BCUT2D eigenvalue weighted by Gasteiger charge is -2.17. The lowest BCUT2D eigenvalue weighted by molar-refractivity contribution is -0.142. The van der Waals surface area contributed by atoms with E-state index < -0.39 is 17.9 Å². The smallest absolute Gasteiger partial charge is 0.338 e. The maximum Gasteiger partial charge on any atom is 0.338 e. The first kappa shape index (κ1) is 13.3. The van der Waals surface area contributed by atoms with Gasteiger partial charge in [-0.25, -0.2) is 9.78 Å². The molecule has 0 bridgehead atoms. The van der Waals surface area contributed by atoms with E-state index >= 15 is 0 Å². The Bertz CT molecular complexity index is 503. The van der Waals surface area contributed by atoms with Crippen molar-refractivity contribution in [2.45, 2.75) is 6.92 Å². The molecule has 0 aliphatic carbocycles. The Labute approximate surface area is 111 Å². The molecule has 1 aliphatic rings. The van der Waals surface area contributed by atoms with Crippen LogP contribution in [0.1, 0.15) is 17.3 Å². The van der Waals surface area contributed by atoms with Gasteiger partial charge in [-0.05, 0) is 18.1 Å². The van der Waals surface area contributed by atoms with Crippen molar-refractivity contribution in [3.05, 3.63) is 23.9 Å². The van der Waals surface area contributed by atoms with Crippen molar-refractivity contribution in [2.24, 2.45) is 11.8 Å². The zero-order chi connectivity index (χ0) is 14.0. The monoisotopic (exact) mass is 264 g/mol. The van der Waals surface area contributed by atoms with Crippen molar-refractivity contribution < 1.29 is 19.4 Å². The summed E-state index contributed by atoms with van der Waals surface area (Å²) < 4.78 is 4.66. The van der Waals surface area contributed by atoms with Crippen LogP contribution < -0.4 is 4.90 Å². The third-order valence-corrected chi connectivity index (χ3v) is 3.42. The fourth-order valence-electron chi connectivity index (χ4n) is 2.31. The summed E-state index contributed by atoms with van der Waals surface area (Å²) in [7, 11) is 1.32. The largest absolute Gasteiger partial charge is 0.481 e. The minimum atomic E-state index is -0.792. The molecule has 0 radical (unpaired) electrons. The maximum absolute atomic E-state index is 11.5. The SMILES string of the molecule is COC(=O)c1ccnc(N2CC(C)C(C(=O)O)C2)c1. The summed E-state index contributed by atoms with van der Waals surface area (Å²) in [6, 6.07) is 3.20. The van der Waals surface area contributed by atoms with Crippen LogP contribution >= 0.6 is 0 Å². The van der Waals surface area contributed by atoms with E-state index in [-0.39, 0.29) is 5.92 Å². The lowest BCUT2D eigenvalue weighted by atomic mass is 9.99. The van der Waals surface area contributed by atoms with Gasteiger partial charge in [0.2, 0.25) is 0 Å². The van der Waals surface area contributed by atoms with Crippen molar-refractivity contribution >= 4 is 17.8 Å². The second kappa shape index (κ2) is 5.26. The summed E-state index contributed by atoms with van der Waals surface area (Å²) >= 11 is 0. The molecule has 1 aromatic heterocycles. The van der Waals surface area contributed by atoms with Crippen LogP contribution in [0.2, 0.25) is 0 Å². The molecule has 6 heteroatoms. The van der Waals surface area contributed by atoms with Gasteiger partial charge >= 0.3 is 11.9 Å². The zero-order valence-corrected chi connectivity index (χ0v) is 10.9. The molecule has 1 saturated heterocycles. The van der Waals surface area contributed by atoms with Crippen LogP contribution in [-0.2, 0) is 9.53 Å². The number of anilines is 1. The first-order chi connectivity index (χ1) is 9.02. The predicted octanol–water partition coefficient (Wildman–Crippen LogP) is 1.03. The molecule has 1 fully saturated rings. The number of pyridine rings is 1. The van der Waals surface area contributed by atoms with Gasteiger partial charge < -0.3 is 14.7 Å². The molecule has 0 spiro atoms. The number of methoxy groups -OCH3 is 1. The molecule has 19 heavy (non-hydrogen) atoms. The number of ether oxygens (including phenoxy) is 1. The predicted molar refractivity (Wildman–Crippen MR) is 68.1 cm³/mol. The third-order valence-electron chi connectivity index (χ3n) is 3.42. The van der Waals surface area contributed by atoms with Crippen molar-refractivity contribution in [1.29, 1.82) is 0 Å². The lowest BCUT2D eigenvalue weighted by Crippen LogP contribution is -2.24. The average Bonchev–Trinajstić information content (AvgIpc) is 2.80. The van der Waals surface area contributed by atoms with E-state index in [0.717, 1.165) is 0 Å². The van der Waals surface area contributed by atoms with Gasteiger partial charge in [-0.1, -0.05) is 6.92 Å². The number of nitrogens with zero attached hydrogens (tertiary/aromatic N) is 2. The molecule has 1 aromatic rings. The Morgan fingerprint density at radius 3 is 2.79 bits per heavy atom. The summed E-state index contributed by atoms with van der Waals surface area (Å²) in [5.41, 5.74) is 0.416. The van der Waals surface area contributed by atoms with E-state index in [0.29, 0.717) is 24.5 Å². The Balaban J connectivity index is 2.19. The Morgan fingerprint density at radius 2 is 2.21 bits per heavy atom. The molecule has 2 atom stereocenters. The van der Waals surface area contributed by atoms with Crippen LogP contribution in [0.4, 0.5) is 5.82 Å². The highest BCUT2D eigenvalue weighted by Gasteiger charge is 2.35. The van der Waals surface area contributed by atoms with Gasteiger partial charge in [0.1, 0.15) is 5.82 Å². The highest BCUT2D eigenvalue weighted by molar-refractivity contribution is 5.90. The number of carbonyl (C=O) groups is 2. The van der Waals surface area contributed by atoms with E-state index in [9.17, 15) is 9.59 Å². The van der Waals surface area contributed by atoms with Crippen molar-refractivity contribution in [1.82, 2.24) is 4.98 Å². The van der Waals surface area contributed by atoms with E-state index in [1.807, 2.05) is 11.8 Å². The number of aromatic nitrogens is 1. The molecule has 0 aromatic carbocycles. The number of aliphatic carboxylic acids is 1. The molecule has 2 heterocycles. The normalized spacial score (nSPS) is 22.3. The summed E-state index contributed by atoms with van der Waals surface area (Å²) in [6.45, 7) is 2.94. The van der Waals surface area contributed by atoms with Crippen LogP contribution in [0.25, 0.3) is 0 Å². The highest BCUT2D eigenvalue weighted by Crippen LogP contribution is 2.27. The number of carboxylic acid groups (broad SMARTS) is 1. The number of rotatable bonds is 3. The summed E-state index contributed by atoms with van der Waals surface area (Å²) in [5, 5.41) is 9.11. The maximum atomic E-state index is 11.5. The Morgan fingerprint density at radius 1 is 1.47 bits per heavy atom. The summed E-state index contributed by atoms with van der Waals surface area (Å²) in [4.78, 5) is 28.6. The Hall–Kier alpha value is -2.11. The number of carbonyl (C=O) groups excluding carboxylic acids is 1. The van der Waals surface area contributed by atoms with Crippen LogP contribution in [0.5, 0.6) is 0 Å². The van der Waals surface area contributed by atoms with Crippen LogP contribution in [0.3, 0.4) is 0 Å². The molecule has 0 saturated carbocycles. The van der Waals surface area contributed by atoms with Gasteiger partial charge in [0.05, 0.1) is 18.6 Å². The topological polar surface area (TPSA) is 79.7 Å². The van der Waals surface area contributed by atoms with Gasteiger partial charge in [0.15, 0.2) is 0 Å². The number of hydrogen-bond donors (Lipinski definition) is 1. The van der Waals surface area contributed by atoms with Gasteiger partial charge in [0.25, 0.3) is 0 Å². The van der Waals surface area contributed by atoms with E-state index in [2.05, 4.69) is 9.72 Å². The average molecular weight is 264 g/mol. The third kappa shape index (κ3) is 2.67. The van der Waals surface area contributed by atoms with Crippen LogP contribution in [0, 0.1) is 11.8 Å². The molecular formula is C13H16N2O4. The number of hydrogen-bond acceptors (Lipinski definition) is 5. The number of esters is 1. The molecule has 2 rings (SSSR count). The minimum Gasteiger partial charge on any atom is -0.481 e. The minimum absolute atomic E-state index is 0.0566. The summed E-state index contributed by atoms with van der Waals surface area (Å²) in [6.07, 6.45) is 1.53. The second-order valence-corrected chi connectivity index (χ2v) is 4.72. The molecule has 1 N–H and O–H groups in total. The van der Waals surface area contributed by atoms with Crippen molar-refractivity contribution in [3.63, 3.8) is 0 Å². The first-order valence-electron chi connectivity index (χ1n) is 6.05. The highest BCUT2D eigenvalue weighted by atomic mass is 16.5. The summed E-state index contributed by atoms with van der Waals surface area (Å²) in [5.74, 6) is -0.951. The van der Waals surface area contributed by atoms with Gasteiger partial charge in [-0.3, -0.25) is 4.79 Å². The van der Waals surface area contributed by atoms with Gasteiger partial charge in [-0.15, -0.1) is 0 Å². The molecule has 2 unspecified atom stereocenters.